The maximum atomic E-state index is 11.2. The Bertz CT molecular complexity index is 596. The predicted molar refractivity (Wildman–Crippen MR) is 118 cm³/mol. The molecule has 1 aromatic carbocycles. The molecule has 0 aliphatic carbocycles. The van der Waals surface area contributed by atoms with E-state index in [1.807, 2.05) is 45.9 Å². The summed E-state index contributed by atoms with van der Waals surface area (Å²) < 4.78 is 15.9. The number of carbonyl (C=O) groups is 1. The Labute approximate surface area is 179 Å². The number of halogens is 1. The summed E-state index contributed by atoms with van der Waals surface area (Å²) in [6.45, 7) is 10.2. The van der Waals surface area contributed by atoms with Crippen LogP contribution in [0.3, 0.4) is 0 Å². The molecule has 0 amide bonds. The number of benzene rings is 1. The Morgan fingerprint density at radius 3 is 2.41 bits per heavy atom. The molecular weight excluding hydrogens is 461 g/mol. The summed E-state index contributed by atoms with van der Waals surface area (Å²) in [5.74, 6) is 1.85. The van der Waals surface area contributed by atoms with Crippen LogP contribution in [0.2, 0.25) is 0 Å². The maximum Gasteiger partial charge on any atom is 0.307 e. The molecule has 8 heteroatoms. The van der Waals surface area contributed by atoms with E-state index in [0.29, 0.717) is 25.7 Å². The van der Waals surface area contributed by atoms with Crippen LogP contribution in [0.15, 0.2) is 23.2 Å². The highest BCUT2D eigenvalue weighted by Crippen LogP contribution is 2.30. The Balaban J connectivity index is 0.00000676. The van der Waals surface area contributed by atoms with Gasteiger partial charge in [0.25, 0.3) is 0 Å². The molecule has 0 aromatic heterocycles. The molecular formula is C19H32IN3O4. The number of guanidine groups is 1. The summed E-state index contributed by atoms with van der Waals surface area (Å²) in [5, 5.41) is 6.51. The Kier molecular flexibility index (Phi) is 13.5. The number of ether oxygens (including phenoxy) is 3. The third kappa shape index (κ3) is 9.16. The van der Waals surface area contributed by atoms with Crippen LogP contribution in [-0.2, 0) is 9.53 Å². The highest BCUT2D eigenvalue weighted by Gasteiger charge is 2.12. The molecule has 2 N–H and O–H groups in total. The molecule has 0 spiro atoms. The number of rotatable bonds is 10. The highest BCUT2D eigenvalue weighted by molar-refractivity contribution is 14.0. The van der Waals surface area contributed by atoms with Gasteiger partial charge in [-0.2, -0.15) is 0 Å². The van der Waals surface area contributed by atoms with Gasteiger partial charge >= 0.3 is 5.97 Å². The van der Waals surface area contributed by atoms with Crippen molar-refractivity contribution in [2.75, 3.05) is 33.4 Å². The Morgan fingerprint density at radius 2 is 1.81 bits per heavy atom. The fourth-order valence-electron chi connectivity index (χ4n) is 2.31. The van der Waals surface area contributed by atoms with Gasteiger partial charge in [0.15, 0.2) is 17.5 Å². The van der Waals surface area contributed by atoms with Crippen LogP contribution >= 0.6 is 24.0 Å². The predicted octanol–water partition coefficient (Wildman–Crippen LogP) is 3.28. The van der Waals surface area contributed by atoms with Crippen LogP contribution in [0.25, 0.3) is 0 Å². The SMILES string of the molecule is CCNC(=NCCC(=O)OC)NC(C)c1ccc(OCC)c(OCC)c1.I. The highest BCUT2D eigenvalue weighted by atomic mass is 127. The number of nitrogens with zero attached hydrogens (tertiary/aromatic N) is 1. The number of esters is 1. The van der Waals surface area contributed by atoms with Gasteiger partial charge in [0, 0.05) is 6.54 Å². The first-order chi connectivity index (χ1) is 12.5. The molecule has 0 fully saturated rings. The standard InChI is InChI=1S/C19H31N3O4.HI/c1-6-20-19(21-12-11-18(23)24-5)22-14(4)15-9-10-16(25-7-2)17(13-15)26-8-3;/h9-10,13-14H,6-8,11-12H2,1-5H3,(H2,20,21,22);1H. The first kappa shape index (κ1) is 25.3. The summed E-state index contributed by atoms with van der Waals surface area (Å²) in [5.41, 5.74) is 1.05. The average molecular weight is 493 g/mol. The van der Waals surface area contributed by atoms with Crippen LogP contribution in [-0.4, -0.2) is 45.3 Å². The van der Waals surface area contributed by atoms with Gasteiger partial charge in [-0.1, -0.05) is 6.07 Å². The largest absolute Gasteiger partial charge is 0.490 e. The zero-order valence-electron chi connectivity index (χ0n) is 16.8. The molecule has 1 atom stereocenters. The Morgan fingerprint density at radius 1 is 1.15 bits per heavy atom. The van der Waals surface area contributed by atoms with E-state index in [-0.39, 0.29) is 42.4 Å². The second-order valence-electron chi connectivity index (χ2n) is 5.53. The molecule has 1 unspecified atom stereocenters. The zero-order valence-corrected chi connectivity index (χ0v) is 19.2. The number of carbonyl (C=O) groups excluding carboxylic acids is 1. The van der Waals surface area contributed by atoms with Crippen LogP contribution in [0.1, 0.15) is 45.7 Å². The van der Waals surface area contributed by atoms with E-state index in [1.165, 1.54) is 7.11 Å². The van der Waals surface area contributed by atoms with Crippen molar-refractivity contribution in [1.29, 1.82) is 0 Å². The van der Waals surface area contributed by atoms with Crippen molar-refractivity contribution < 1.29 is 19.0 Å². The lowest BCUT2D eigenvalue weighted by atomic mass is 10.1. The number of methoxy groups -OCH3 is 1. The van der Waals surface area contributed by atoms with Crippen LogP contribution in [0.4, 0.5) is 0 Å². The molecule has 1 aromatic rings. The molecule has 1 rings (SSSR count). The first-order valence-corrected chi connectivity index (χ1v) is 9.06. The number of aliphatic imine (C=N–C) groups is 1. The second-order valence-corrected chi connectivity index (χ2v) is 5.53. The van der Waals surface area contributed by atoms with Gasteiger partial charge in [0.2, 0.25) is 0 Å². The van der Waals surface area contributed by atoms with Crippen LogP contribution in [0.5, 0.6) is 11.5 Å². The van der Waals surface area contributed by atoms with Gasteiger partial charge in [-0.15, -0.1) is 24.0 Å². The van der Waals surface area contributed by atoms with Crippen molar-refractivity contribution in [2.24, 2.45) is 4.99 Å². The number of nitrogens with one attached hydrogen (secondary N) is 2. The number of hydrogen-bond donors (Lipinski definition) is 2. The van der Waals surface area contributed by atoms with Crippen molar-refractivity contribution in [3.63, 3.8) is 0 Å². The van der Waals surface area contributed by atoms with Gasteiger partial charge in [0.05, 0.1) is 39.3 Å². The third-order valence-electron chi connectivity index (χ3n) is 3.58. The van der Waals surface area contributed by atoms with Gasteiger partial charge < -0.3 is 24.8 Å². The summed E-state index contributed by atoms with van der Waals surface area (Å²) in [6, 6.07) is 5.90. The fraction of sp³-hybridized carbons (Fsp3) is 0.579. The lowest BCUT2D eigenvalue weighted by Crippen LogP contribution is -2.38. The molecule has 0 bridgehead atoms. The normalized spacial score (nSPS) is 11.8. The molecule has 27 heavy (non-hydrogen) atoms. The van der Waals surface area contributed by atoms with E-state index in [2.05, 4.69) is 20.4 Å². The van der Waals surface area contributed by atoms with Crippen molar-refractivity contribution >= 4 is 35.9 Å². The molecule has 0 saturated carbocycles. The van der Waals surface area contributed by atoms with Crippen LogP contribution < -0.4 is 20.1 Å². The van der Waals surface area contributed by atoms with E-state index in [4.69, 9.17) is 9.47 Å². The summed E-state index contributed by atoms with van der Waals surface area (Å²) in [6.07, 6.45) is 0.249. The summed E-state index contributed by atoms with van der Waals surface area (Å²) in [4.78, 5) is 15.6. The Hall–Kier alpha value is -1.71. The van der Waals surface area contributed by atoms with E-state index in [9.17, 15) is 4.79 Å². The lowest BCUT2D eigenvalue weighted by Gasteiger charge is -2.20. The van der Waals surface area contributed by atoms with Crippen molar-refractivity contribution in [2.45, 2.75) is 40.2 Å². The van der Waals surface area contributed by atoms with E-state index < -0.39 is 0 Å². The van der Waals surface area contributed by atoms with Crippen molar-refractivity contribution in [1.82, 2.24) is 10.6 Å². The molecule has 0 saturated heterocycles. The van der Waals surface area contributed by atoms with Crippen LogP contribution in [0, 0.1) is 0 Å². The maximum absolute atomic E-state index is 11.2. The second kappa shape index (κ2) is 14.4. The quantitative estimate of drug-likeness (QED) is 0.226. The van der Waals surface area contributed by atoms with Gasteiger partial charge in [-0.05, 0) is 45.4 Å². The van der Waals surface area contributed by atoms with Crippen molar-refractivity contribution in [3.8, 4) is 11.5 Å². The topological polar surface area (TPSA) is 81.2 Å². The van der Waals surface area contributed by atoms with Gasteiger partial charge in [-0.3, -0.25) is 9.79 Å². The summed E-state index contributed by atoms with van der Waals surface area (Å²) in [7, 11) is 1.37. The number of hydrogen-bond acceptors (Lipinski definition) is 5. The molecule has 0 radical (unpaired) electrons. The molecule has 0 aliphatic heterocycles. The van der Waals surface area contributed by atoms with E-state index in [1.54, 1.807) is 0 Å². The lowest BCUT2D eigenvalue weighted by molar-refractivity contribution is -0.140. The first-order valence-electron chi connectivity index (χ1n) is 9.06. The van der Waals surface area contributed by atoms with Gasteiger partial charge in [-0.25, -0.2) is 0 Å². The molecule has 0 aliphatic rings. The van der Waals surface area contributed by atoms with E-state index in [0.717, 1.165) is 23.6 Å². The minimum absolute atomic E-state index is 0. The van der Waals surface area contributed by atoms with Crippen molar-refractivity contribution in [3.05, 3.63) is 23.8 Å². The summed E-state index contributed by atoms with van der Waals surface area (Å²) >= 11 is 0. The monoisotopic (exact) mass is 493 g/mol. The third-order valence-corrected chi connectivity index (χ3v) is 3.58. The minimum Gasteiger partial charge on any atom is -0.490 e. The zero-order chi connectivity index (χ0) is 19.4. The molecule has 154 valence electrons. The average Bonchev–Trinajstić information content (AvgIpc) is 2.63. The molecule has 0 heterocycles. The minimum atomic E-state index is -0.273. The van der Waals surface area contributed by atoms with Gasteiger partial charge in [0.1, 0.15) is 0 Å². The van der Waals surface area contributed by atoms with E-state index >= 15 is 0 Å². The molecule has 7 nitrogen and oxygen atoms in total. The fourth-order valence-corrected chi connectivity index (χ4v) is 2.31. The smallest absolute Gasteiger partial charge is 0.307 e.